The third-order valence-electron chi connectivity index (χ3n) is 1.59. The Hall–Kier alpha value is -1.56. The van der Waals surface area contributed by atoms with Crippen molar-refractivity contribution in [2.24, 2.45) is 5.73 Å². The first kappa shape index (κ1) is 10.5. The first-order valence-electron chi connectivity index (χ1n) is 4.32. The van der Waals surface area contributed by atoms with Gasteiger partial charge in [-0.1, -0.05) is 0 Å². The Morgan fingerprint density at radius 1 is 1.79 bits per heavy atom. The molecular formula is C8H14N4O2. The molecule has 0 aliphatic heterocycles. The number of H-pyrrole nitrogens is 1. The largest absolute Gasteiger partial charge is 0.448 e. The van der Waals surface area contributed by atoms with Gasteiger partial charge in [0, 0.05) is 25.0 Å². The molecule has 1 rings (SSSR count). The molecule has 0 atom stereocenters. The van der Waals surface area contributed by atoms with Gasteiger partial charge >= 0.3 is 6.09 Å². The number of rotatable bonds is 5. The number of carbonyl (C=O) groups is 1. The highest BCUT2D eigenvalue weighted by molar-refractivity contribution is 5.64. The second kappa shape index (κ2) is 5.23. The number of aryl methyl sites for hydroxylation is 1. The van der Waals surface area contributed by atoms with Gasteiger partial charge < -0.3 is 20.8 Å². The molecule has 6 heteroatoms. The third-order valence-corrected chi connectivity index (χ3v) is 1.59. The van der Waals surface area contributed by atoms with Gasteiger partial charge in [0.2, 0.25) is 0 Å². The van der Waals surface area contributed by atoms with E-state index in [0.29, 0.717) is 13.1 Å². The second-order valence-corrected chi connectivity index (χ2v) is 2.84. The number of hydrogen-bond donors (Lipinski definition) is 3. The molecule has 0 fully saturated rings. The number of imidazole rings is 1. The summed E-state index contributed by atoms with van der Waals surface area (Å²) in [4.78, 5) is 17.3. The maximum absolute atomic E-state index is 10.2. The minimum Gasteiger partial charge on any atom is -0.448 e. The maximum atomic E-state index is 10.2. The molecule has 14 heavy (non-hydrogen) atoms. The van der Waals surface area contributed by atoms with Gasteiger partial charge in [0.05, 0.1) is 0 Å². The van der Waals surface area contributed by atoms with Crippen LogP contribution in [-0.2, 0) is 11.3 Å². The first-order valence-corrected chi connectivity index (χ1v) is 4.32. The Kier molecular flexibility index (Phi) is 3.93. The van der Waals surface area contributed by atoms with Crippen LogP contribution in [0.4, 0.5) is 4.79 Å². The summed E-state index contributed by atoms with van der Waals surface area (Å²) in [7, 11) is 0. The minimum absolute atomic E-state index is 0.280. The quantitative estimate of drug-likeness (QED) is 0.576. The molecule has 1 aromatic heterocycles. The molecule has 1 aromatic rings. The summed E-state index contributed by atoms with van der Waals surface area (Å²) in [5, 5.41) is 3.07. The summed E-state index contributed by atoms with van der Waals surface area (Å²) in [5.41, 5.74) is 5.79. The fourth-order valence-corrected chi connectivity index (χ4v) is 1.01. The highest BCUT2D eigenvalue weighted by Gasteiger charge is 1.96. The number of carbonyl (C=O) groups excluding carboxylic acids is 1. The zero-order chi connectivity index (χ0) is 10.4. The molecule has 0 saturated carbocycles. The normalized spacial score (nSPS) is 10.1. The van der Waals surface area contributed by atoms with Crippen molar-refractivity contribution < 1.29 is 9.53 Å². The molecule has 6 nitrogen and oxygen atoms in total. The lowest BCUT2D eigenvalue weighted by Crippen LogP contribution is -2.23. The maximum Gasteiger partial charge on any atom is 0.404 e. The van der Waals surface area contributed by atoms with Crippen LogP contribution in [0.5, 0.6) is 0 Å². The van der Waals surface area contributed by atoms with E-state index < -0.39 is 6.09 Å². The van der Waals surface area contributed by atoms with Crippen molar-refractivity contribution in [2.45, 2.75) is 13.5 Å². The van der Waals surface area contributed by atoms with E-state index in [4.69, 9.17) is 5.73 Å². The minimum atomic E-state index is -0.746. The van der Waals surface area contributed by atoms with Crippen molar-refractivity contribution in [3.05, 3.63) is 17.7 Å². The van der Waals surface area contributed by atoms with Crippen LogP contribution in [0, 0.1) is 6.92 Å². The lowest BCUT2D eigenvalue weighted by Gasteiger charge is -2.02. The van der Waals surface area contributed by atoms with Crippen molar-refractivity contribution in [3.63, 3.8) is 0 Å². The molecule has 1 heterocycles. The zero-order valence-electron chi connectivity index (χ0n) is 8.04. The second-order valence-electron chi connectivity index (χ2n) is 2.84. The number of ether oxygens (including phenoxy) is 1. The highest BCUT2D eigenvalue weighted by atomic mass is 16.5. The lowest BCUT2D eigenvalue weighted by molar-refractivity contribution is 0.157. The molecule has 4 N–H and O–H groups in total. The molecule has 0 aliphatic carbocycles. The standard InChI is InChI=1S/C8H14N4O2/c1-6-11-5-7(12-6)4-10-2-3-14-8(9)13/h5,10H,2-4H2,1H3,(H2,9,13)(H,11,12). The van der Waals surface area contributed by atoms with E-state index in [1.54, 1.807) is 6.20 Å². The Morgan fingerprint density at radius 2 is 2.57 bits per heavy atom. The number of primary amides is 1. The molecule has 0 bridgehead atoms. The molecule has 0 radical (unpaired) electrons. The summed E-state index contributed by atoms with van der Waals surface area (Å²) in [6, 6.07) is 0. The predicted molar refractivity (Wildman–Crippen MR) is 50.6 cm³/mol. The number of amides is 1. The average molecular weight is 198 g/mol. The van der Waals surface area contributed by atoms with Crippen molar-refractivity contribution >= 4 is 6.09 Å². The molecule has 0 aliphatic rings. The van der Waals surface area contributed by atoms with Crippen molar-refractivity contribution in [3.8, 4) is 0 Å². The van der Waals surface area contributed by atoms with Crippen molar-refractivity contribution in [2.75, 3.05) is 13.2 Å². The Bertz CT molecular complexity index is 297. The predicted octanol–water partition coefficient (Wildman–Crippen LogP) is -0.0970. The summed E-state index contributed by atoms with van der Waals surface area (Å²) in [6.07, 6.45) is 1.02. The molecule has 78 valence electrons. The monoisotopic (exact) mass is 198 g/mol. The van der Waals surface area contributed by atoms with Gasteiger partial charge in [0.25, 0.3) is 0 Å². The Morgan fingerprint density at radius 3 is 3.14 bits per heavy atom. The molecular weight excluding hydrogens is 184 g/mol. The number of aromatic amines is 1. The number of aromatic nitrogens is 2. The van der Waals surface area contributed by atoms with Crippen LogP contribution in [0.2, 0.25) is 0 Å². The molecule has 0 spiro atoms. The van der Waals surface area contributed by atoms with Crippen molar-refractivity contribution in [1.29, 1.82) is 0 Å². The SMILES string of the molecule is Cc1ncc(CNCCOC(N)=O)[nH]1. The summed E-state index contributed by atoms with van der Waals surface area (Å²) in [5.74, 6) is 0.884. The van der Waals surface area contributed by atoms with Crippen molar-refractivity contribution in [1.82, 2.24) is 15.3 Å². The highest BCUT2D eigenvalue weighted by Crippen LogP contribution is 1.93. The smallest absolute Gasteiger partial charge is 0.404 e. The van der Waals surface area contributed by atoms with E-state index in [1.165, 1.54) is 0 Å². The van der Waals surface area contributed by atoms with Gasteiger partial charge in [0.15, 0.2) is 0 Å². The first-order chi connectivity index (χ1) is 6.68. The van der Waals surface area contributed by atoms with Crippen LogP contribution in [0.15, 0.2) is 6.20 Å². The summed E-state index contributed by atoms with van der Waals surface area (Å²) in [6.45, 7) is 3.41. The van der Waals surface area contributed by atoms with Gasteiger partial charge in [-0.2, -0.15) is 0 Å². The van der Waals surface area contributed by atoms with Gasteiger partial charge in [-0.15, -0.1) is 0 Å². The fraction of sp³-hybridized carbons (Fsp3) is 0.500. The van der Waals surface area contributed by atoms with E-state index in [1.807, 2.05) is 6.92 Å². The summed E-state index contributed by atoms with van der Waals surface area (Å²) >= 11 is 0. The van der Waals surface area contributed by atoms with Crippen LogP contribution in [0.3, 0.4) is 0 Å². The van der Waals surface area contributed by atoms with Gasteiger partial charge in [-0.25, -0.2) is 9.78 Å². The van der Waals surface area contributed by atoms with Gasteiger partial charge in [0.1, 0.15) is 12.4 Å². The zero-order valence-corrected chi connectivity index (χ0v) is 8.04. The van der Waals surface area contributed by atoms with Gasteiger partial charge in [-0.05, 0) is 6.92 Å². The topological polar surface area (TPSA) is 93.0 Å². The number of nitrogens with two attached hydrogens (primary N) is 1. The number of nitrogens with zero attached hydrogens (tertiary/aromatic N) is 1. The number of hydrogen-bond acceptors (Lipinski definition) is 4. The van der Waals surface area contributed by atoms with E-state index in [0.717, 1.165) is 11.5 Å². The van der Waals surface area contributed by atoms with Crippen LogP contribution in [0.25, 0.3) is 0 Å². The lowest BCUT2D eigenvalue weighted by atomic mass is 10.4. The van der Waals surface area contributed by atoms with Crippen LogP contribution in [0.1, 0.15) is 11.5 Å². The third kappa shape index (κ3) is 3.90. The molecule has 0 unspecified atom stereocenters. The fourth-order valence-electron chi connectivity index (χ4n) is 1.01. The van der Waals surface area contributed by atoms with Gasteiger partial charge in [-0.3, -0.25) is 0 Å². The molecule has 0 aromatic carbocycles. The van der Waals surface area contributed by atoms with E-state index >= 15 is 0 Å². The van der Waals surface area contributed by atoms with E-state index in [-0.39, 0.29) is 6.61 Å². The Balaban J connectivity index is 2.07. The Labute approximate surface area is 81.8 Å². The van der Waals surface area contributed by atoms with Crippen LogP contribution >= 0.6 is 0 Å². The van der Waals surface area contributed by atoms with E-state index in [9.17, 15) is 4.79 Å². The van der Waals surface area contributed by atoms with E-state index in [2.05, 4.69) is 20.0 Å². The average Bonchev–Trinajstić information content (AvgIpc) is 2.50. The van der Waals surface area contributed by atoms with Crippen LogP contribution in [-0.4, -0.2) is 29.2 Å². The number of nitrogens with one attached hydrogen (secondary N) is 2. The molecule has 1 amide bonds. The molecule has 0 saturated heterocycles. The van der Waals surface area contributed by atoms with Crippen LogP contribution < -0.4 is 11.1 Å². The summed E-state index contributed by atoms with van der Waals surface area (Å²) < 4.78 is 4.54.